The second-order valence-corrected chi connectivity index (χ2v) is 12.7. The normalized spacial score (nSPS) is 11.5. The summed E-state index contributed by atoms with van der Waals surface area (Å²) in [6.45, 7) is 0. The molecule has 0 N–H and O–H groups in total. The molecule has 9 rings (SSSR count). The summed E-state index contributed by atoms with van der Waals surface area (Å²) < 4.78 is 2.67. The second-order valence-electron chi connectivity index (χ2n) is 11.7. The van der Waals surface area contributed by atoms with Gasteiger partial charge in [0.2, 0.25) is 0 Å². The molecular weight excluding hydrogens is 575 g/mol. The molecule has 8 aromatic carbocycles. The van der Waals surface area contributed by atoms with Crippen LogP contribution >= 0.6 is 11.3 Å². The molecule has 1 nitrogen and oxygen atoms in total. The van der Waals surface area contributed by atoms with Crippen LogP contribution in [0.15, 0.2) is 176 Å². The van der Waals surface area contributed by atoms with Crippen molar-refractivity contribution < 1.29 is 0 Å². The Morgan fingerprint density at radius 3 is 1.54 bits per heavy atom. The fourth-order valence-corrected chi connectivity index (χ4v) is 8.25. The van der Waals surface area contributed by atoms with Gasteiger partial charge in [0.1, 0.15) is 0 Å². The summed E-state index contributed by atoms with van der Waals surface area (Å²) >= 11 is 1.88. The highest BCUT2D eigenvalue weighted by Gasteiger charge is 2.22. The standard InChI is InChI=1S/C44H29NS/c1-3-14-31(15-4-1)42-36-19-7-9-21-38(36)43(39-22-10-8-20-37(39)42)45(32-16-5-2-6-17-32)33-28-26-30(27-29-33)34-23-13-24-40-35-18-11-12-25-41(35)46-44(34)40/h1-29H. The van der Waals surface area contributed by atoms with Gasteiger partial charge in [-0.2, -0.15) is 0 Å². The van der Waals surface area contributed by atoms with Crippen molar-refractivity contribution in [3.63, 3.8) is 0 Å². The zero-order chi connectivity index (χ0) is 30.5. The molecule has 1 aromatic heterocycles. The zero-order valence-corrected chi connectivity index (χ0v) is 25.9. The highest BCUT2D eigenvalue weighted by atomic mass is 32.1. The van der Waals surface area contributed by atoms with Crippen molar-refractivity contribution in [3.8, 4) is 22.3 Å². The summed E-state index contributed by atoms with van der Waals surface area (Å²) in [6, 6.07) is 63.8. The molecule has 0 bridgehead atoms. The van der Waals surface area contributed by atoms with Crippen LogP contribution in [0, 0.1) is 0 Å². The average Bonchev–Trinajstić information content (AvgIpc) is 3.52. The highest BCUT2D eigenvalue weighted by molar-refractivity contribution is 7.26. The number of thiophene rings is 1. The van der Waals surface area contributed by atoms with E-state index in [-0.39, 0.29) is 0 Å². The molecule has 0 saturated carbocycles. The van der Waals surface area contributed by atoms with Gasteiger partial charge in [0.15, 0.2) is 0 Å². The topological polar surface area (TPSA) is 3.24 Å². The van der Waals surface area contributed by atoms with Crippen molar-refractivity contribution in [2.45, 2.75) is 0 Å². The predicted octanol–water partition coefficient (Wildman–Crippen LogP) is 13.2. The molecule has 0 atom stereocenters. The molecule has 46 heavy (non-hydrogen) atoms. The molecule has 0 aliphatic heterocycles. The molecule has 216 valence electrons. The third kappa shape index (κ3) is 4.30. The van der Waals surface area contributed by atoms with Crippen molar-refractivity contribution in [2.24, 2.45) is 0 Å². The van der Waals surface area contributed by atoms with Gasteiger partial charge >= 0.3 is 0 Å². The van der Waals surface area contributed by atoms with Gasteiger partial charge in [-0.15, -0.1) is 11.3 Å². The summed E-state index contributed by atoms with van der Waals surface area (Å²) in [5, 5.41) is 7.59. The Bertz CT molecular complexity index is 2450. The van der Waals surface area contributed by atoms with Crippen LogP contribution in [0.25, 0.3) is 64.0 Å². The van der Waals surface area contributed by atoms with E-state index in [1.807, 2.05) is 11.3 Å². The van der Waals surface area contributed by atoms with Crippen LogP contribution in [-0.4, -0.2) is 0 Å². The first-order chi connectivity index (χ1) is 22.8. The number of rotatable bonds is 5. The molecule has 0 aliphatic carbocycles. The van der Waals surface area contributed by atoms with E-state index in [0.29, 0.717) is 0 Å². The maximum Gasteiger partial charge on any atom is 0.0618 e. The Hall–Kier alpha value is -5.70. The maximum atomic E-state index is 2.43. The molecule has 0 spiro atoms. The summed E-state index contributed by atoms with van der Waals surface area (Å²) in [5.41, 5.74) is 8.45. The number of para-hydroxylation sites is 1. The van der Waals surface area contributed by atoms with Crippen LogP contribution in [0.3, 0.4) is 0 Å². The Labute approximate surface area is 272 Å². The lowest BCUT2D eigenvalue weighted by molar-refractivity contribution is 1.31. The van der Waals surface area contributed by atoms with Crippen LogP contribution in [0.1, 0.15) is 0 Å². The fraction of sp³-hybridized carbons (Fsp3) is 0. The number of nitrogens with zero attached hydrogens (tertiary/aromatic N) is 1. The van der Waals surface area contributed by atoms with Crippen molar-refractivity contribution in [3.05, 3.63) is 176 Å². The molecule has 0 saturated heterocycles. The van der Waals surface area contributed by atoms with E-state index in [0.717, 1.165) is 11.4 Å². The van der Waals surface area contributed by atoms with E-state index >= 15 is 0 Å². The largest absolute Gasteiger partial charge is 0.309 e. The van der Waals surface area contributed by atoms with Gasteiger partial charge in [-0.25, -0.2) is 0 Å². The van der Waals surface area contributed by atoms with Crippen LogP contribution in [0.2, 0.25) is 0 Å². The Morgan fingerprint density at radius 1 is 0.348 bits per heavy atom. The number of fused-ring (bicyclic) bond motifs is 5. The fourth-order valence-electron chi connectivity index (χ4n) is 7.01. The average molecular weight is 604 g/mol. The highest BCUT2D eigenvalue weighted by Crippen LogP contribution is 2.48. The van der Waals surface area contributed by atoms with Crippen LogP contribution in [-0.2, 0) is 0 Å². The van der Waals surface area contributed by atoms with Crippen molar-refractivity contribution in [2.75, 3.05) is 4.90 Å². The SMILES string of the molecule is c1ccc(-c2c3ccccc3c(N(c3ccccc3)c3ccc(-c4cccc5c4sc4ccccc45)cc3)c3ccccc23)cc1. The van der Waals surface area contributed by atoms with Crippen molar-refractivity contribution >= 4 is 70.1 Å². The molecule has 0 fully saturated rings. The number of hydrogen-bond donors (Lipinski definition) is 0. The van der Waals surface area contributed by atoms with Crippen molar-refractivity contribution in [1.29, 1.82) is 0 Å². The van der Waals surface area contributed by atoms with Gasteiger partial charge in [0.05, 0.1) is 5.69 Å². The lowest BCUT2D eigenvalue weighted by Gasteiger charge is -2.29. The Balaban J connectivity index is 1.28. The zero-order valence-electron chi connectivity index (χ0n) is 25.1. The molecular formula is C44H29NS. The van der Waals surface area contributed by atoms with Gasteiger partial charge in [-0.1, -0.05) is 146 Å². The first-order valence-electron chi connectivity index (χ1n) is 15.7. The molecule has 1 heterocycles. The quantitative estimate of drug-likeness (QED) is 0.177. The van der Waals surface area contributed by atoms with Crippen LogP contribution < -0.4 is 4.90 Å². The number of benzene rings is 8. The smallest absolute Gasteiger partial charge is 0.0618 e. The van der Waals surface area contributed by atoms with E-state index in [1.165, 1.54) is 69.7 Å². The summed E-state index contributed by atoms with van der Waals surface area (Å²) in [6.07, 6.45) is 0. The van der Waals surface area contributed by atoms with Gasteiger partial charge in [-0.3, -0.25) is 0 Å². The van der Waals surface area contributed by atoms with Gasteiger partial charge < -0.3 is 4.90 Å². The maximum absolute atomic E-state index is 2.43. The van der Waals surface area contributed by atoms with Gasteiger partial charge in [-0.05, 0) is 63.4 Å². The lowest BCUT2D eigenvalue weighted by Crippen LogP contribution is -2.11. The minimum atomic E-state index is 1.13. The molecule has 0 aliphatic rings. The van der Waals surface area contributed by atoms with E-state index in [4.69, 9.17) is 0 Å². The van der Waals surface area contributed by atoms with Crippen LogP contribution in [0.5, 0.6) is 0 Å². The number of anilines is 3. The molecule has 9 aromatic rings. The van der Waals surface area contributed by atoms with Gasteiger partial charge in [0, 0.05) is 42.3 Å². The van der Waals surface area contributed by atoms with Crippen LogP contribution in [0.4, 0.5) is 17.1 Å². The monoisotopic (exact) mass is 603 g/mol. The Kier molecular flexibility index (Phi) is 6.40. The molecule has 2 heteroatoms. The van der Waals surface area contributed by atoms with E-state index in [2.05, 4.69) is 181 Å². The third-order valence-electron chi connectivity index (χ3n) is 9.04. The molecule has 0 unspecified atom stereocenters. The van der Waals surface area contributed by atoms with E-state index in [1.54, 1.807) is 0 Å². The lowest BCUT2D eigenvalue weighted by atomic mass is 9.90. The Morgan fingerprint density at radius 2 is 0.870 bits per heavy atom. The van der Waals surface area contributed by atoms with E-state index in [9.17, 15) is 0 Å². The second kappa shape index (κ2) is 11.0. The summed E-state index contributed by atoms with van der Waals surface area (Å²) in [4.78, 5) is 2.43. The summed E-state index contributed by atoms with van der Waals surface area (Å²) in [5.74, 6) is 0. The predicted molar refractivity (Wildman–Crippen MR) is 200 cm³/mol. The molecule has 0 amide bonds. The van der Waals surface area contributed by atoms with Gasteiger partial charge in [0.25, 0.3) is 0 Å². The molecule has 0 radical (unpaired) electrons. The number of hydrogen-bond acceptors (Lipinski definition) is 2. The van der Waals surface area contributed by atoms with Crippen molar-refractivity contribution in [1.82, 2.24) is 0 Å². The minimum Gasteiger partial charge on any atom is -0.309 e. The minimum absolute atomic E-state index is 1.13. The third-order valence-corrected chi connectivity index (χ3v) is 10.3. The summed E-state index contributed by atoms with van der Waals surface area (Å²) in [7, 11) is 0. The first-order valence-corrected chi connectivity index (χ1v) is 16.5. The first kappa shape index (κ1) is 26.7. The van der Waals surface area contributed by atoms with E-state index < -0.39 is 0 Å².